The molecule has 0 aliphatic heterocycles. The Kier molecular flexibility index (Phi) is 7.75. The minimum atomic E-state index is 0.594. The molecule has 7 rings (SSSR count). The normalized spacial score (nSPS) is 14.6. The molecule has 2 aliphatic carbocycles. The summed E-state index contributed by atoms with van der Waals surface area (Å²) in [4.78, 5) is 23.8. The van der Waals surface area contributed by atoms with E-state index in [1.807, 2.05) is 36.5 Å². The number of aryl methyl sites for hydroxylation is 4. The van der Waals surface area contributed by atoms with Crippen molar-refractivity contribution in [2.75, 3.05) is 17.2 Å². The molecule has 0 unspecified atom stereocenters. The first-order valence-corrected chi connectivity index (χ1v) is 15.8. The quantitative estimate of drug-likeness (QED) is 0.196. The second-order valence-corrected chi connectivity index (χ2v) is 12.9. The van der Waals surface area contributed by atoms with Crippen molar-refractivity contribution in [1.82, 2.24) is 19.9 Å². The van der Waals surface area contributed by atoms with Gasteiger partial charge in [0.15, 0.2) is 5.82 Å². The van der Waals surface area contributed by atoms with Crippen molar-refractivity contribution in [3.8, 4) is 11.4 Å². The summed E-state index contributed by atoms with van der Waals surface area (Å²) in [5.41, 5.74) is 2.59. The topological polar surface area (TPSA) is 75.6 Å². The zero-order chi connectivity index (χ0) is 26.8. The zero-order valence-electron chi connectivity index (χ0n) is 23.0. The first-order chi connectivity index (χ1) is 19.1. The minimum Gasteiger partial charge on any atom is -0.369 e. The number of nitrogens with one attached hydrogen (secondary N) is 2. The number of hydrogen-bond donors (Lipinski definition) is 2. The number of benzene rings is 1. The van der Waals surface area contributed by atoms with Crippen LogP contribution in [0.2, 0.25) is 0 Å². The summed E-state index contributed by atoms with van der Waals surface area (Å²) < 4.78 is 0. The predicted molar refractivity (Wildman–Crippen MR) is 166 cm³/mol. The summed E-state index contributed by atoms with van der Waals surface area (Å²) in [5.74, 6) is 3.74. The molecule has 0 atom stereocenters. The van der Waals surface area contributed by atoms with Gasteiger partial charge in [-0.2, -0.15) is 0 Å². The maximum Gasteiger partial charge on any atom is 0.163 e. The van der Waals surface area contributed by atoms with Crippen LogP contribution >= 0.6 is 22.7 Å². The van der Waals surface area contributed by atoms with Crippen LogP contribution in [0.15, 0.2) is 36.4 Å². The number of thiophene rings is 2. The summed E-state index contributed by atoms with van der Waals surface area (Å²) >= 11 is 3.61. The van der Waals surface area contributed by atoms with E-state index in [9.17, 15) is 0 Å². The molecule has 39 heavy (non-hydrogen) atoms. The van der Waals surface area contributed by atoms with Crippen LogP contribution in [0.5, 0.6) is 0 Å². The number of unbranched alkanes of at least 4 members (excludes halogenated alkanes) is 1. The van der Waals surface area contributed by atoms with Crippen LogP contribution in [0.3, 0.4) is 0 Å². The van der Waals surface area contributed by atoms with Crippen LogP contribution in [0.1, 0.15) is 66.6 Å². The lowest BCUT2D eigenvalue weighted by molar-refractivity contribution is 0.700. The Morgan fingerprint density at radius 2 is 1.72 bits per heavy atom. The molecular formula is C31H36N6S2. The van der Waals surface area contributed by atoms with E-state index >= 15 is 0 Å². The van der Waals surface area contributed by atoms with Gasteiger partial charge in [-0.3, -0.25) is 0 Å². The van der Waals surface area contributed by atoms with Gasteiger partial charge in [0.2, 0.25) is 0 Å². The number of rotatable bonds is 7. The maximum absolute atomic E-state index is 4.75. The van der Waals surface area contributed by atoms with Crippen molar-refractivity contribution in [3.63, 3.8) is 0 Å². The van der Waals surface area contributed by atoms with E-state index in [1.165, 1.54) is 72.0 Å². The molecule has 1 fully saturated rings. The highest BCUT2D eigenvalue weighted by Crippen LogP contribution is 2.38. The van der Waals surface area contributed by atoms with E-state index < -0.39 is 0 Å². The second kappa shape index (κ2) is 11.6. The van der Waals surface area contributed by atoms with Crippen LogP contribution < -0.4 is 10.6 Å². The van der Waals surface area contributed by atoms with Crippen molar-refractivity contribution in [2.24, 2.45) is 0 Å². The highest BCUT2D eigenvalue weighted by atomic mass is 32.1. The van der Waals surface area contributed by atoms with E-state index in [1.54, 1.807) is 16.2 Å². The average Bonchev–Trinajstić information content (AvgIpc) is 3.55. The van der Waals surface area contributed by atoms with Gasteiger partial charge in [0, 0.05) is 27.9 Å². The first-order valence-electron chi connectivity index (χ1n) is 14.2. The van der Waals surface area contributed by atoms with Gasteiger partial charge in [-0.1, -0.05) is 43.7 Å². The molecule has 1 saturated carbocycles. The fourth-order valence-electron chi connectivity index (χ4n) is 5.06. The molecule has 2 N–H and O–H groups in total. The Labute approximate surface area is 238 Å². The average molecular weight is 557 g/mol. The van der Waals surface area contributed by atoms with E-state index in [-0.39, 0.29) is 0 Å². The standard InChI is InChI=1S/C16H15N3S.C15H21N3S/c1-10-9-13-15(17-12-7-8-12)18-14(19-16(13)20-10)11-5-3-2-4-6-11;1-3-4-9-16-14-13-11-7-5-6-8-12(11)19-15(13)18-10(2)17-14/h2-6,9,12H,7-8H2,1H3,(H,17,18,19);3-9H2,1-2H3,(H,16,17,18). The summed E-state index contributed by atoms with van der Waals surface area (Å²) in [5, 5.41) is 9.52. The third-order valence-corrected chi connectivity index (χ3v) is 9.35. The SMILES string of the molecule is CCCCNc1nc(C)nc2sc3c(c12)CCCC3.Cc1cc2c(NC3CC3)nc(-c3ccccc3)nc2s1. The van der Waals surface area contributed by atoms with Crippen LogP contribution in [0.25, 0.3) is 31.8 Å². The van der Waals surface area contributed by atoms with Crippen LogP contribution in [-0.4, -0.2) is 32.5 Å². The number of fused-ring (bicyclic) bond motifs is 4. The van der Waals surface area contributed by atoms with Crippen molar-refractivity contribution in [2.45, 2.75) is 78.2 Å². The number of anilines is 2. The monoisotopic (exact) mass is 556 g/mol. The van der Waals surface area contributed by atoms with Crippen LogP contribution in [0, 0.1) is 13.8 Å². The van der Waals surface area contributed by atoms with Crippen LogP contribution in [0.4, 0.5) is 11.6 Å². The molecule has 2 aliphatic rings. The molecule has 4 aromatic heterocycles. The summed E-state index contributed by atoms with van der Waals surface area (Å²) in [6, 6.07) is 13.0. The van der Waals surface area contributed by atoms with E-state index in [2.05, 4.69) is 52.6 Å². The van der Waals surface area contributed by atoms with Gasteiger partial charge in [-0.25, -0.2) is 19.9 Å². The number of aromatic nitrogens is 4. The van der Waals surface area contributed by atoms with Crippen molar-refractivity contribution in [3.05, 3.63) is 57.5 Å². The Morgan fingerprint density at radius 3 is 2.51 bits per heavy atom. The third-order valence-electron chi connectivity index (χ3n) is 7.22. The lowest BCUT2D eigenvalue weighted by Crippen LogP contribution is -2.06. The highest BCUT2D eigenvalue weighted by Gasteiger charge is 2.23. The van der Waals surface area contributed by atoms with Crippen molar-refractivity contribution in [1.29, 1.82) is 0 Å². The molecule has 6 nitrogen and oxygen atoms in total. The Morgan fingerprint density at radius 1 is 0.897 bits per heavy atom. The Hall–Kier alpha value is -3.10. The summed E-state index contributed by atoms with van der Waals surface area (Å²) in [7, 11) is 0. The maximum atomic E-state index is 4.75. The van der Waals surface area contributed by atoms with E-state index in [4.69, 9.17) is 9.97 Å². The van der Waals surface area contributed by atoms with Crippen molar-refractivity contribution >= 4 is 54.7 Å². The predicted octanol–water partition coefficient (Wildman–Crippen LogP) is 8.33. The van der Waals surface area contributed by atoms with Gasteiger partial charge in [0.25, 0.3) is 0 Å². The fourth-order valence-corrected chi connectivity index (χ4v) is 7.25. The number of hydrogen-bond acceptors (Lipinski definition) is 8. The molecule has 8 heteroatoms. The van der Waals surface area contributed by atoms with Gasteiger partial charge in [-0.15, -0.1) is 22.7 Å². The Bertz CT molecular complexity index is 1590. The van der Waals surface area contributed by atoms with Gasteiger partial charge >= 0.3 is 0 Å². The van der Waals surface area contributed by atoms with Gasteiger partial charge in [0.05, 0.1) is 10.8 Å². The lowest BCUT2D eigenvalue weighted by Gasteiger charge is -2.12. The van der Waals surface area contributed by atoms with Gasteiger partial charge < -0.3 is 10.6 Å². The lowest BCUT2D eigenvalue weighted by atomic mass is 9.97. The largest absolute Gasteiger partial charge is 0.369 e. The van der Waals surface area contributed by atoms with E-state index in [0.717, 1.165) is 45.6 Å². The molecule has 0 radical (unpaired) electrons. The molecule has 0 bridgehead atoms. The smallest absolute Gasteiger partial charge is 0.163 e. The molecule has 0 amide bonds. The summed E-state index contributed by atoms with van der Waals surface area (Å²) in [6.45, 7) is 7.33. The molecule has 0 spiro atoms. The Balaban J connectivity index is 0.000000142. The van der Waals surface area contributed by atoms with Crippen molar-refractivity contribution < 1.29 is 0 Å². The number of nitrogens with zero attached hydrogens (tertiary/aromatic N) is 4. The van der Waals surface area contributed by atoms with Crippen LogP contribution in [-0.2, 0) is 12.8 Å². The first kappa shape index (κ1) is 26.1. The molecule has 4 heterocycles. The molecule has 5 aromatic rings. The van der Waals surface area contributed by atoms with Gasteiger partial charge in [-0.05, 0) is 70.4 Å². The third kappa shape index (κ3) is 5.92. The second-order valence-electron chi connectivity index (χ2n) is 10.5. The van der Waals surface area contributed by atoms with E-state index in [0.29, 0.717) is 6.04 Å². The fraction of sp³-hybridized carbons (Fsp3) is 0.419. The zero-order valence-corrected chi connectivity index (χ0v) is 24.6. The molecule has 0 saturated heterocycles. The van der Waals surface area contributed by atoms with Gasteiger partial charge in [0.1, 0.15) is 27.1 Å². The summed E-state index contributed by atoms with van der Waals surface area (Å²) in [6.07, 6.45) is 9.95. The highest BCUT2D eigenvalue weighted by molar-refractivity contribution is 7.19. The molecular weight excluding hydrogens is 521 g/mol. The molecule has 202 valence electrons. The minimum absolute atomic E-state index is 0.594. The molecule has 1 aromatic carbocycles.